The van der Waals surface area contributed by atoms with Crippen LogP contribution in [0, 0.1) is 0 Å². The van der Waals surface area contributed by atoms with Gasteiger partial charge >= 0.3 is 0 Å². The molecule has 0 fully saturated rings. The normalized spacial score (nSPS) is 13.1. The van der Waals surface area contributed by atoms with Crippen molar-refractivity contribution in [2.24, 2.45) is 10.7 Å². The second kappa shape index (κ2) is 3.93. The van der Waals surface area contributed by atoms with Crippen molar-refractivity contribution in [2.75, 3.05) is 7.05 Å². The van der Waals surface area contributed by atoms with Gasteiger partial charge in [-0.05, 0) is 31.9 Å². The summed E-state index contributed by atoms with van der Waals surface area (Å²) in [6.45, 7) is 6.01. The maximum Gasteiger partial charge on any atom is 0.0386 e. The van der Waals surface area contributed by atoms with Crippen LogP contribution >= 0.6 is 0 Å². The summed E-state index contributed by atoms with van der Waals surface area (Å²) < 4.78 is 0. The Bertz CT molecular complexity index is 328. The Labute approximate surface area is 85.9 Å². The van der Waals surface area contributed by atoms with Gasteiger partial charge in [-0.1, -0.05) is 24.3 Å². The van der Waals surface area contributed by atoms with Crippen molar-refractivity contribution >= 4 is 5.71 Å². The third-order valence-electron chi connectivity index (χ3n) is 2.38. The molecule has 0 bridgehead atoms. The highest BCUT2D eigenvalue weighted by atomic mass is 14.7. The Morgan fingerprint density at radius 2 is 1.71 bits per heavy atom. The molecule has 1 aromatic rings. The molecule has 0 heterocycles. The summed E-state index contributed by atoms with van der Waals surface area (Å²) in [6, 6.07) is 8.24. The lowest BCUT2D eigenvalue weighted by Crippen LogP contribution is -2.28. The van der Waals surface area contributed by atoms with Gasteiger partial charge in [-0.25, -0.2) is 0 Å². The number of hydrogen-bond donors (Lipinski definition) is 1. The summed E-state index contributed by atoms with van der Waals surface area (Å²) in [5, 5.41) is 0. The molecule has 76 valence electrons. The number of nitrogens with zero attached hydrogens (tertiary/aromatic N) is 1. The predicted molar refractivity (Wildman–Crippen MR) is 61.8 cm³/mol. The summed E-state index contributed by atoms with van der Waals surface area (Å²) in [7, 11) is 1.80. The minimum Gasteiger partial charge on any atom is -0.322 e. The first-order valence-electron chi connectivity index (χ1n) is 4.78. The van der Waals surface area contributed by atoms with E-state index in [0.717, 1.165) is 16.8 Å². The predicted octanol–water partition coefficient (Wildman–Crippen LogP) is 2.32. The van der Waals surface area contributed by atoms with Crippen LogP contribution in [0.25, 0.3) is 0 Å². The summed E-state index contributed by atoms with van der Waals surface area (Å²) in [5.74, 6) is 0. The van der Waals surface area contributed by atoms with Gasteiger partial charge in [0.1, 0.15) is 0 Å². The molecule has 0 amide bonds. The van der Waals surface area contributed by atoms with Gasteiger partial charge in [0, 0.05) is 18.3 Å². The zero-order valence-electron chi connectivity index (χ0n) is 9.33. The van der Waals surface area contributed by atoms with E-state index < -0.39 is 0 Å². The zero-order chi connectivity index (χ0) is 10.8. The standard InChI is InChI=1S/C12H18N2/c1-9(14-4)10-5-7-11(8-6-10)12(2,3)13/h5-8H,13H2,1-4H3. The summed E-state index contributed by atoms with van der Waals surface area (Å²) in [6.07, 6.45) is 0. The fourth-order valence-corrected chi connectivity index (χ4v) is 1.27. The second-order valence-corrected chi connectivity index (χ2v) is 4.11. The molecule has 0 saturated heterocycles. The molecule has 2 N–H and O–H groups in total. The number of benzene rings is 1. The zero-order valence-corrected chi connectivity index (χ0v) is 9.33. The van der Waals surface area contributed by atoms with Gasteiger partial charge in [0.05, 0.1) is 0 Å². The van der Waals surface area contributed by atoms with Gasteiger partial charge in [-0.15, -0.1) is 0 Å². The number of aliphatic imine (C=N–C) groups is 1. The van der Waals surface area contributed by atoms with E-state index in [2.05, 4.69) is 29.3 Å². The van der Waals surface area contributed by atoms with Crippen LogP contribution in [0.5, 0.6) is 0 Å². The van der Waals surface area contributed by atoms with Gasteiger partial charge in [0.2, 0.25) is 0 Å². The highest BCUT2D eigenvalue weighted by Crippen LogP contribution is 2.17. The molecule has 0 atom stereocenters. The van der Waals surface area contributed by atoms with E-state index in [1.807, 2.05) is 20.8 Å². The van der Waals surface area contributed by atoms with E-state index in [4.69, 9.17) is 5.73 Å². The topological polar surface area (TPSA) is 38.4 Å². The van der Waals surface area contributed by atoms with Crippen molar-refractivity contribution in [1.29, 1.82) is 0 Å². The van der Waals surface area contributed by atoms with Crippen LogP contribution in [0.3, 0.4) is 0 Å². The fraction of sp³-hybridized carbons (Fsp3) is 0.417. The third kappa shape index (κ3) is 2.42. The first-order chi connectivity index (χ1) is 6.45. The van der Waals surface area contributed by atoms with Crippen molar-refractivity contribution in [3.63, 3.8) is 0 Å². The SMILES string of the molecule is CN=C(C)c1ccc(C(C)(C)N)cc1. The van der Waals surface area contributed by atoms with Crippen molar-refractivity contribution in [2.45, 2.75) is 26.3 Å². The van der Waals surface area contributed by atoms with Crippen LogP contribution in [-0.4, -0.2) is 12.8 Å². The molecule has 0 spiro atoms. The molecule has 0 aliphatic heterocycles. The minimum atomic E-state index is -0.268. The summed E-state index contributed by atoms with van der Waals surface area (Å²) in [5.41, 5.74) is 9.06. The van der Waals surface area contributed by atoms with Crippen LogP contribution in [0.4, 0.5) is 0 Å². The van der Waals surface area contributed by atoms with Crippen LogP contribution in [0.1, 0.15) is 31.9 Å². The summed E-state index contributed by atoms with van der Waals surface area (Å²) >= 11 is 0. The lowest BCUT2D eigenvalue weighted by molar-refractivity contribution is 0.554. The van der Waals surface area contributed by atoms with E-state index in [1.54, 1.807) is 7.05 Å². The van der Waals surface area contributed by atoms with E-state index in [1.165, 1.54) is 0 Å². The Morgan fingerprint density at radius 3 is 2.07 bits per heavy atom. The van der Waals surface area contributed by atoms with Crippen molar-refractivity contribution in [1.82, 2.24) is 0 Å². The molecule has 0 saturated carbocycles. The highest BCUT2D eigenvalue weighted by molar-refractivity contribution is 5.98. The quantitative estimate of drug-likeness (QED) is 0.714. The molecule has 0 aliphatic carbocycles. The van der Waals surface area contributed by atoms with Crippen molar-refractivity contribution in [3.8, 4) is 0 Å². The molecule has 1 rings (SSSR count). The fourth-order valence-electron chi connectivity index (χ4n) is 1.27. The first-order valence-corrected chi connectivity index (χ1v) is 4.78. The lowest BCUT2D eigenvalue weighted by Gasteiger charge is -2.19. The van der Waals surface area contributed by atoms with E-state index in [0.29, 0.717) is 0 Å². The van der Waals surface area contributed by atoms with E-state index >= 15 is 0 Å². The maximum atomic E-state index is 5.99. The maximum absolute atomic E-state index is 5.99. The average Bonchev–Trinajstić information content (AvgIpc) is 2.15. The van der Waals surface area contributed by atoms with Gasteiger partial charge < -0.3 is 5.73 Å². The Balaban J connectivity index is 3.01. The molecule has 0 radical (unpaired) electrons. The smallest absolute Gasteiger partial charge is 0.0386 e. The van der Waals surface area contributed by atoms with Crippen LogP contribution < -0.4 is 5.73 Å². The number of rotatable bonds is 2. The molecule has 0 unspecified atom stereocenters. The van der Waals surface area contributed by atoms with Crippen molar-refractivity contribution in [3.05, 3.63) is 35.4 Å². The summed E-state index contributed by atoms with van der Waals surface area (Å²) in [4.78, 5) is 4.14. The lowest BCUT2D eigenvalue weighted by atomic mass is 9.94. The van der Waals surface area contributed by atoms with E-state index in [9.17, 15) is 0 Å². The molecule has 2 heteroatoms. The van der Waals surface area contributed by atoms with Crippen LogP contribution in [-0.2, 0) is 5.54 Å². The van der Waals surface area contributed by atoms with Crippen LogP contribution in [0.15, 0.2) is 29.3 Å². The molecular weight excluding hydrogens is 172 g/mol. The average molecular weight is 190 g/mol. The minimum absolute atomic E-state index is 0.268. The third-order valence-corrected chi connectivity index (χ3v) is 2.38. The number of hydrogen-bond acceptors (Lipinski definition) is 2. The Morgan fingerprint density at radius 1 is 1.21 bits per heavy atom. The van der Waals surface area contributed by atoms with E-state index in [-0.39, 0.29) is 5.54 Å². The molecule has 0 aliphatic rings. The van der Waals surface area contributed by atoms with Crippen LogP contribution in [0.2, 0.25) is 0 Å². The largest absolute Gasteiger partial charge is 0.322 e. The van der Waals surface area contributed by atoms with Gasteiger partial charge in [-0.2, -0.15) is 0 Å². The molecular formula is C12H18N2. The van der Waals surface area contributed by atoms with Crippen molar-refractivity contribution < 1.29 is 0 Å². The molecule has 14 heavy (non-hydrogen) atoms. The highest BCUT2D eigenvalue weighted by Gasteiger charge is 2.13. The second-order valence-electron chi connectivity index (χ2n) is 4.11. The Hall–Kier alpha value is -1.15. The first kappa shape index (κ1) is 10.9. The van der Waals surface area contributed by atoms with Gasteiger partial charge in [0.15, 0.2) is 0 Å². The Kier molecular flexibility index (Phi) is 3.06. The molecule has 0 aromatic heterocycles. The van der Waals surface area contributed by atoms with Gasteiger partial charge in [-0.3, -0.25) is 4.99 Å². The number of nitrogens with two attached hydrogens (primary N) is 1. The molecule has 1 aromatic carbocycles. The monoisotopic (exact) mass is 190 g/mol. The molecule has 2 nitrogen and oxygen atoms in total. The van der Waals surface area contributed by atoms with Gasteiger partial charge in [0.25, 0.3) is 0 Å².